The van der Waals surface area contributed by atoms with E-state index in [1.807, 2.05) is 60.7 Å². The van der Waals surface area contributed by atoms with E-state index >= 15 is 0 Å². The molecular weight excluding hydrogens is 1570 g/mol. The van der Waals surface area contributed by atoms with Crippen molar-refractivity contribution in [1.82, 2.24) is 31.9 Å². The van der Waals surface area contributed by atoms with E-state index in [4.69, 9.17) is 52.9 Å². The SMILES string of the molecule is CC(=O)N[C@@H]1[C@@H](O)C[C@](OCCCSCCNC(=O)c2ccc(C(=O)NCCSCCCO[C@]3(C(=O)O)C[C@H](O)[C@@H](NC(C)=O)[C@H](C(O)[C@H](O)CNC(=O)c4ccc(-c5ccccc5)cc4)O3)c(OCCOCCOCCOCCOCCOCCN=[N+]=[N-])c2)(C(=O)O)O[C@H]1C(O)[C@H](O)CNC(=O)c1ccc(-c2ccccc2)cc1.[Na+]. The summed E-state index contributed by atoms with van der Waals surface area (Å²) in [6, 6.07) is 33.8. The molecule has 2 aliphatic heterocycles. The molecule has 628 valence electrons. The number of aliphatic hydroxyl groups excluding tert-OH is 6. The molecule has 116 heavy (non-hydrogen) atoms. The minimum atomic E-state index is -2.54. The summed E-state index contributed by atoms with van der Waals surface area (Å²) < 4.78 is 56.9. The van der Waals surface area contributed by atoms with Crippen LogP contribution in [0.4, 0.5) is 0 Å². The summed E-state index contributed by atoms with van der Waals surface area (Å²) in [6.45, 7) is 4.03. The van der Waals surface area contributed by atoms with Crippen LogP contribution < -0.4 is 66.2 Å². The fourth-order valence-electron chi connectivity index (χ4n) is 12.1. The Labute approximate surface area is 701 Å². The maximum atomic E-state index is 13.8. The Morgan fingerprint density at radius 3 is 1.26 bits per heavy atom. The van der Waals surface area contributed by atoms with Crippen molar-refractivity contribution in [2.24, 2.45) is 5.11 Å². The molecule has 0 saturated carbocycles. The number of aliphatic hydroxyl groups is 6. The molecule has 0 aromatic heterocycles. The van der Waals surface area contributed by atoms with Gasteiger partial charge in [0.2, 0.25) is 11.8 Å². The molecule has 0 bridgehead atoms. The molecule has 2 unspecified atom stereocenters. The molecule has 5 aromatic rings. The molecule has 0 radical (unpaired) electrons. The topological polar surface area (TPSA) is 512 Å². The van der Waals surface area contributed by atoms with Crippen molar-refractivity contribution in [3.63, 3.8) is 0 Å². The van der Waals surface area contributed by atoms with Gasteiger partial charge in [-0.1, -0.05) is 90.0 Å². The molecule has 0 spiro atoms. The smallest absolute Gasteiger partial charge is 0.490 e. The Bertz CT molecular complexity index is 3910. The molecule has 2 fully saturated rings. The maximum absolute atomic E-state index is 13.8. The number of carbonyl (C=O) groups is 8. The molecule has 12 atom stereocenters. The van der Waals surface area contributed by atoms with Gasteiger partial charge in [0.05, 0.1) is 121 Å². The maximum Gasteiger partial charge on any atom is 1.00 e. The van der Waals surface area contributed by atoms with Crippen LogP contribution in [0.5, 0.6) is 5.75 Å². The van der Waals surface area contributed by atoms with Crippen LogP contribution in [0.15, 0.2) is 133 Å². The Balaban J connectivity index is 0.0000209. The van der Waals surface area contributed by atoms with Crippen molar-refractivity contribution in [2.75, 3.05) is 142 Å². The van der Waals surface area contributed by atoms with Crippen LogP contribution in [0, 0.1) is 0 Å². The third kappa shape index (κ3) is 31.7. The number of benzene rings is 5. The fourth-order valence-corrected chi connectivity index (χ4v) is 13.6. The van der Waals surface area contributed by atoms with Gasteiger partial charge in [0, 0.05) is 92.5 Å². The van der Waals surface area contributed by atoms with Gasteiger partial charge in [0.15, 0.2) is 0 Å². The van der Waals surface area contributed by atoms with E-state index in [2.05, 4.69) is 41.9 Å². The van der Waals surface area contributed by atoms with Crippen molar-refractivity contribution in [2.45, 2.75) is 112 Å². The molecule has 35 nitrogen and oxygen atoms in total. The van der Waals surface area contributed by atoms with Gasteiger partial charge in [0.1, 0.15) is 36.8 Å². The van der Waals surface area contributed by atoms with E-state index in [0.29, 0.717) is 62.7 Å². The Hall–Kier alpha value is -7.93. The molecule has 5 aromatic carbocycles. The van der Waals surface area contributed by atoms with Gasteiger partial charge < -0.3 is 120 Å². The van der Waals surface area contributed by atoms with Crippen molar-refractivity contribution in [1.29, 1.82) is 0 Å². The Morgan fingerprint density at radius 2 is 0.862 bits per heavy atom. The number of hydrogen-bond donors (Lipinski definition) is 14. The molecule has 2 saturated heterocycles. The van der Waals surface area contributed by atoms with Crippen molar-refractivity contribution in [3.8, 4) is 28.0 Å². The number of carboxylic acid groups (broad SMARTS) is 2. The monoisotopic (exact) mass is 1670 g/mol. The zero-order valence-electron chi connectivity index (χ0n) is 64.9. The summed E-state index contributed by atoms with van der Waals surface area (Å²) in [4.78, 5) is 107. The zero-order chi connectivity index (χ0) is 83.0. The number of carbonyl (C=O) groups excluding carboxylic acids is 6. The number of nitrogens with zero attached hydrogens (tertiary/aromatic N) is 3. The number of azide groups is 1. The third-order valence-electron chi connectivity index (χ3n) is 17.9. The van der Waals surface area contributed by atoms with E-state index in [0.717, 1.165) is 36.1 Å². The number of hydrogen-bond acceptors (Lipinski definition) is 27. The second kappa shape index (κ2) is 52.1. The average Bonchev–Trinajstić information content (AvgIpc) is 0.772. The van der Waals surface area contributed by atoms with Gasteiger partial charge in [-0.3, -0.25) is 28.8 Å². The van der Waals surface area contributed by atoms with Crippen LogP contribution in [0.25, 0.3) is 32.7 Å². The molecule has 14 N–H and O–H groups in total. The first kappa shape index (κ1) is 96.9. The summed E-state index contributed by atoms with van der Waals surface area (Å²) in [5.41, 5.74) is 12.6. The van der Waals surface area contributed by atoms with Crippen LogP contribution in [0.2, 0.25) is 0 Å². The standard InChI is InChI=1S/C78H103N9O26S2.Na/c1-50(88)85-65-60(90)46-77(75(100)101,112-69(65)67(94)62(92)48-82-71(96)56-19-15-54(16-20-56)52-11-5-3-6-12-52)110-28-9-41-114-43-26-80-73(98)58-23-24-59(64(45-58)109-40-39-108-38-37-107-36-35-106-34-33-105-32-31-104-30-25-84-87-79)74(99)81-27-44-115-42-10-29-111-78(76(102)103)47-61(91)66(86-51(2)89)70(113-78)68(95)63(93)49-83-72(97)57-21-17-55(18-22-57)53-13-7-4-8-14-53;/h3-8,11-24,45,60-63,65-70,90-95H,9-10,25-44,46-49H2,1-2H3,(H,80,98)(H,81,99)(H,82,96)(H,83,97)(H,85,88)(H,86,89)(H,100,101)(H,102,103);/q;+1/t60-,61-,62+,63+,65+,66+,67?,68?,69+,70+,77+,78+;/m0./s1. The van der Waals surface area contributed by atoms with Gasteiger partial charge in [-0.05, 0) is 94.6 Å². The molecule has 2 heterocycles. The summed E-state index contributed by atoms with van der Waals surface area (Å²) in [7, 11) is 0. The molecule has 2 aliphatic rings. The average molecular weight is 1670 g/mol. The normalized spacial score (nSPS) is 20.1. The van der Waals surface area contributed by atoms with E-state index < -0.39 is 146 Å². The predicted molar refractivity (Wildman–Crippen MR) is 420 cm³/mol. The number of rotatable bonds is 53. The number of nitrogens with one attached hydrogen (secondary N) is 6. The number of aliphatic carboxylic acids is 2. The molecule has 38 heteroatoms. The Morgan fingerprint density at radius 1 is 0.491 bits per heavy atom. The first-order valence-electron chi connectivity index (χ1n) is 37.4. The van der Waals surface area contributed by atoms with Crippen LogP contribution in [-0.2, 0) is 61.8 Å². The quantitative estimate of drug-likeness (QED) is 0.00782. The van der Waals surface area contributed by atoms with E-state index in [9.17, 15) is 79.2 Å². The van der Waals surface area contributed by atoms with Crippen molar-refractivity contribution < 1.29 is 156 Å². The Kier molecular flexibility index (Phi) is 43.5. The van der Waals surface area contributed by atoms with Gasteiger partial charge in [-0.2, -0.15) is 23.5 Å². The van der Waals surface area contributed by atoms with Gasteiger partial charge in [-0.15, -0.1) is 0 Å². The molecule has 0 aliphatic carbocycles. The number of amides is 6. The van der Waals surface area contributed by atoms with Crippen LogP contribution in [0.3, 0.4) is 0 Å². The second-order valence-corrected chi connectivity index (χ2v) is 28.9. The van der Waals surface area contributed by atoms with Gasteiger partial charge in [0.25, 0.3) is 35.2 Å². The first-order valence-corrected chi connectivity index (χ1v) is 39.8. The summed E-state index contributed by atoms with van der Waals surface area (Å²) in [5.74, 6) is -10.4. The fraction of sp³-hybridized carbons (Fsp3) is 0.513. The van der Waals surface area contributed by atoms with Gasteiger partial charge in [-0.25, -0.2) is 9.59 Å². The van der Waals surface area contributed by atoms with E-state index in [1.165, 1.54) is 41.7 Å². The number of thioether (sulfide) groups is 2. The third-order valence-corrected chi connectivity index (χ3v) is 20.1. The van der Waals surface area contributed by atoms with E-state index in [1.54, 1.807) is 48.5 Å². The summed E-state index contributed by atoms with van der Waals surface area (Å²) >= 11 is 2.76. The van der Waals surface area contributed by atoms with E-state index in [-0.39, 0.29) is 136 Å². The molecule has 6 amide bonds. The largest absolute Gasteiger partial charge is 1.00 e. The first-order chi connectivity index (χ1) is 55.5. The summed E-state index contributed by atoms with van der Waals surface area (Å²) in [6.07, 6.45) is -15.2. The number of carboxylic acids is 2. The van der Waals surface area contributed by atoms with Crippen LogP contribution in [-0.4, -0.2) is 302 Å². The van der Waals surface area contributed by atoms with Crippen molar-refractivity contribution >= 4 is 70.9 Å². The zero-order valence-corrected chi connectivity index (χ0v) is 68.5. The minimum Gasteiger partial charge on any atom is -0.490 e. The number of ether oxygens (including phenoxy) is 10. The van der Waals surface area contributed by atoms with Crippen LogP contribution in [0.1, 0.15) is 81.0 Å². The molecular formula is C78H103N9NaO26S2+. The summed E-state index contributed by atoms with van der Waals surface area (Å²) in [5, 5.41) is 108. The van der Waals surface area contributed by atoms with Gasteiger partial charge >= 0.3 is 41.5 Å². The molecule has 7 rings (SSSR count). The minimum absolute atomic E-state index is 0. The van der Waals surface area contributed by atoms with Crippen molar-refractivity contribution in [3.05, 3.63) is 160 Å². The second-order valence-electron chi connectivity index (χ2n) is 26.4. The van der Waals surface area contributed by atoms with Crippen LogP contribution >= 0.6 is 23.5 Å². The predicted octanol–water partition coefficient (Wildman–Crippen LogP) is -0.290.